The van der Waals surface area contributed by atoms with Gasteiger partial charge in [0.25, 0.3) is 5.69 Å². The van der Waals surface area contributed by atoms with Crippen molar-refractivity contribution >= 4 is 33.5 Å². The van der Waals surface area contributed by atoms with Gasteiger partial charge < -0.3 is 10.0 Å². The third-order valence-corrected chi connectivity index (χ3v) is 4.09. The normalized spacial score (nSPS) is 21.6. The van der Waals surface area contributed by atoms with Crippen LogP contribution in [0.25, 0.3) is 0 Å². The van der Waals surface area contributed by atoms with E-state index in [9.17, 15) is 24.8 Å². The summed E-state index contributed by atoms with van der Waals surface area (Å²) in [5, 5.41) is 20.5. The van der Waals surface area contributed by atoms with E-state index in [0.717, 1.165) is 0 Å². The van der Waals surface area contributed by atoms with Crippen LogP contribution in [0.2, 0.25) is 0 Å². The first-order valence-corrected chi connectivity index (χ1v) is 7.12. The second-order valence-corrected chi connectivity index (χ2v) is 5.65. The van der Waals surface area contributed by atoms with E-state index in [1.165, 1.54) is 17.0 Å². The Labute approximate surface area is 128 Å². The fraction of sp³-hybridized carbons (Fsp3) is 0.385. The van der Waals surface area contributed by atoms with Crippen molar-refractivity contribution in [1.82, 2.24) is 4.90 Å². The molecule has 2 atom stereocenters. The summed E-state index contributed by atoms with van der Waals surface area (Å²) in [5.41, 5.74) is 0.0667. The van der Waals surface area contributed by atoms with Gasteiger partial charge in [-0.2, -0.15) is 0 Å². The third kappa shape index (κ3) is 2.76. The molecule has 1 aliphatic rings. The van der Waals surface area contributed by atoms with Crippen LogP contribution >= 0.6 is 15.9 Å². The molecule has 7 nitrogen and oxygen atoms in total. The van der Waals surface area contributed by atoms with Gasteiger partial charge >= 0.3 is 5.97 Å². The zero-order valence-electron chi connectivity index (χ0n) is 11.2. The summed E-state index contributed by atoms with van der Waals surface area (Å²) < 4.78 is 0.525. The highest BCUT2D eigenvalue weighted by molar-refractivity contribution is 9.10. The lowest BCUT2D eigenvalue weighted by atomic mass is 9.92. The van der Waals surface area contributed by atoms with Crippen LogP contribution in [0.5, 0.6) is 0 Å². The SMILES string of the molecule is CCN1C(=O)CC(C(=O)O)C1c1ccc(Br)cc1[N+](=O)[O-]. The molecule has 1 saturated heterocycles. The van der Waals surface area contributed by atoms with Gasteiger partial charge in [-0.25, -0.2) is 0 Å². The average molecular weight is 357 g/mol. The summed E-state index contributed by atoms with van der Waals surface area (Å²) in [6.07, 6.45) is -0.138. The van der Waals surface area contributed by atoms with E-state index in [0.29, 0.717) is 11.0 Å². The topological polar surface area (TPSA) is 101 Å². The number of nitro benzene ring substituents is 1. The molecule has 1 heterocycles. The van der Waals surface area contributed by atoms with Gasteiger partial charge in [0.2, 0.25) is 5.91 Å². The Balaban J connectivity index is 2.58. The number of nitro groups is 1. The molecule has 21 heavy (non-hydrogen) atoms. The molecule has 1 aliphatic heterocycles. The molecular weight excluding hydrogens is 344 g/mol. The number of carboxylic acid groups (broad SMARTS) is 1. The molecule has 0 spiro atoms. The number of aliphatic carboxylic acids is 1. The lowest BCUT2D eigenvalue weighted by Gasteiger charge is -2.25. The molecule has 0 aromatic heterocycles. The van der Waals surface area contributed by atoms with E-state index in [1.54, 1.807) is 13.0 Å². The molecule has 1 aromatic carbocycles. The Morgan fingerprint density at radius 3 is 2.76 bits per heavy atom. The molecule has 0 saturated carbocycles. The molecule has 0 radical (unpaired) electrons. The van der Waals surface area contributed by atoms with Crippen molar-refractivity contribution < 1.29 is 19.6 Å². The van der Waals surface area contributed by atoms with Crippen molar-refractivity contribution in [1.29, 1.82) is 0 Å². The van der Waals surface area contributed by atoms with Crippen LogP contribution < -0.4 is 0 Å². The van der Waals surface area contributed by atoms with Crippen molar-refractivity contribution in [2.24, 2.45) is 5.92 Å². The van der Waals surface area contributed by atoms with Crippen molar-refractivity contribution in [3.8, 4) is 0 Å². The molecule has 1 amide bonds. The molecule has 2 unspecified atom stereocenters. The van der Waals surface area contributed by atoms with Crippen molar-refractivity contribution in [3.05, 3.63) is 38.3 Å². The lowest BCUT2D eigenvalue weighted by molar-refractivity contribution is -0.386. The number of hydrogen-bond acceptors (Lipinski definition) is 4. The number of likely N-dealkylation sites (tertiary alicyclic amines) is 1. The highest BCUT2D eigenvalue weighted by Gasteiger charge is 2.46. The van der Waals surface area contributed by atoms with Gasteiger partial charge in [0.1, 0.15) is 0 Å². The van der Waals surface area contributed by atoms with Crippen LogP contribution in [0.15, 0.2) is 22.7 Å². The highest BCUT2D eigenvalue weighted by Crippen LogP contribution is 2.42. The summed E-state index contributed by atoms with van der Waals surface area (Å²) in [6, 6.07) is 3.63. The molecular formula is C13H13BrN2O5. The molecule has 1 fully saturated rings. The summed E-state index contributed by atoms with van der Waals surface area (Å²) in [5.74, 6) is -2.40. The maximum atomic E-state index is 11.9. The third-order valence-electron chi connectivity index (χ3n) is 3.60. The fourth-order valence-corrected chi connectivity index (χ4v) is 3.04. The van der Waals surface area contributed by atoms with E-state index < -0.39 is 22.9 Å². The number of rotatable bonds is 4. The van der Waals surface area contributed by atoms with Gasteiger partial charge in [-0.3, -0.25) is 19.7 Å². The number of amides is 1. The monoisotopic (exact) mass is 356 g/mol. The average Bonchev–Trinajstić information content (AvgIpc) is 2.75. The second-order valence-electron chi connectivity index (χ2n) is 4.73. The minimum absolute atomic E-state index is 0.138. The fourth-order valence-electron chi connectivity index (χ4n) is 2.69. The van der Waals surface area contributed by atoms with Crippen LogP contribution in [0.3, 0.4) is 0 Å². The minimum atomic E-state index is -1.12. The number of carbonyl (C=O) groups excluding carboxylic acids is 1. The van der Waals surface area contributed by atoms with Crippen molar-refractivity contribution in [3.63, 3.8) is 0 Å². The first kappa shape index (κ1) is 15.4. The van der Waals surface area contributed by atoms with Gasteiger partial charge in [0, 0.05) is 23.5 Å². The van der Waals surface area contributed by atoms with E-state index in [1.807, 2.05) is 0 Å². The van der Waals surface area contributed by atoms with Gasteiger partial charge in [0.05, 0.1) is 22.4 Å². The predicted octanol–water partition coefficient (Wildman–Crippen LogP) is 2.35. The zero-order valence-corrected chi connectivity index (χ0v) is 12.7. The highest BCUT2D eigenvalue weighted by atomic mass is 79.9. The molecule has 1 N–H and O–H groups in total. The molecule has 0 aliphatic carbocycles. The minimum Gasteiger partial charge on any atom is -0.481 e. The Morgan fingerprint density at radius 2 is 2.24 bits per heavy atom. The Kier molecular flexibility index (Phi) is 4.26. The molecule has 2 rings (SSSR count). The van der Waals surface area contributed by atoms with Gasteiger partial charge in [-0.1, -0.05) is 15.9 Å². The van der Waals surface area contributed by atoms with Crippen LogP contribution in [0.1, 0.15) is 24.9 Å². The van der Waals surface area contributed by atoms with E-state index in [2.05, 4.69) is 15.9 Å². The molecule has 0 bridgehead atoms. The quantitative estimate of drug-likeness (QED) is 0.659. The summed E-state index contributed by atoms with van der Waals surface area (Å²) >= 11 is 3.16. The predicted molar refractivity (Wildman–Crippen MR) is 76.7 cm³/mol. The van der Waals surface area contributed by atoms with Crippen LogP contribution in [0, 0.1) is 16.0 Å². The molecule has 8 heteroatoms. The number of carboxylic acids is 1. The van der Waals surface area contributed by atoms with E-state index >= 15 is 0 Å². The largest absolute Gasteiger partial charge is 0.481 e. The summed E-state index contributed by atoms with van der Waals surface area (Å²) in [4.78, 5) is 35.4. The van der Waals surface area contributed by atoms with E-state index in [4.69, 9.17) is 0 Å². The number of nitrogens with zero attached hydrogens (tertiary/aromatic N) is 2. The first-order chi connectivity index (χ1) is 9.86. The van der Waals surface area contributed by atoms with E-state index in [-0.39, 0.29) is 23.6 Å². The van der Waals surface area contributed by atoms with Crippen LogP contribution in [0.4, 0.5) is 5.69 Å². The van der Waals surface area contributed by atoms with Crippen molar-refractivity contribution in [2.75, 3.05) is 6.54 Å². The van der Waals surface area contributed by atoms with Crippen LogP contribution in [-0.2, 0) is 9.59 Å². The number of benzene rings is 1. The summed E-state index contributed by atoms with van der Waals surface area (Å²) in [6.45, 7) is 2.03. The molecule has 112 valence electrons. The van der Waals surface area contributed by atoms with Crippen molar-refractivity contribution in [2.45, 2.75) is 19.4 Å². The van der Waals surface area contributed by atoms with Gasteiger partial charge in [-0.15, -0.1) is 0 Å². The first-order valence-electron chi connectivity index (χ1n) is 6.33. The Morgan fingerprint density at radius 1 is 1.57 bits per heavy atom. The maximum absolute atomic E-state index is 11.9. The second kappa shape index (κ2) is 5.80. The number of halogens is 1. The number of carbonyl (C=O) groups is 2. The zero-order chi connectivity index (χ0) is 15.7. The molecule has 1 aromatic rings. The standard InChI is InChI=1S/C13H13BrN2O5/c1-2-15-11(17)6-9(13(18)19)12(15)8-4-3-7(14)5-10(8)16(20)21/h3-5,9,12H,2,6H2,1H3,(H,18,19). The Hall–Kier alpha value is -1.96. The lowest BCUT2D eigenvalue weighted by Crippen LogP contribution is -2.30. The Bertz CT molecular complexity index is 619. The maximum Gasteiger partial charge on any atom is 0.309 e. The van der Waals surface area contributed by atoms with Gasteiger partial charge in [0.15, 0.2) is 0 Å². The van der Waals surface area contributed by atoms with Crippen LogP contribution in [-0.4, -0.2) is 33.4 Å². The number of hydrogen-bond donors (Lipinski definition) is 1. The summed E-state index contributed by atoms with van der Waals surface area (Å²) in [7, 11) is 0. The van der Waals surface area contributed by atoms with Gasteiger partial charge in [-0.05, 0) is 19.1 Å². The smallest absolute Gasteiger partial charge is 0.309 e.